The zero-order chi connectivity index (χ0) is 13.1. The molecule has 1 aromatic carbocycles. The van der Waals surface area contributed by atoms with Gasteiger partial charge in [-0.2, -0.15) is 5.26 Å². The van der Waals surface area contributed by atoms with E-state index < -0.39 is 0 Å². The van der Waals surface area contributed by atoms with Crippen molar-refractivity contribution in [2.75, 3.05) is 18.5 Å². The largest absolute Gasteiger partial charge is 0.358 e. The number of benzene rings is 1. The van der Waals surface area contributed by atoms with Gasteiger partial charge in [0.25, 0.3) is 0 Å². The SMILES string of the molecule is CNC(=O)C1CCCN1c1ccc(Cl)cc1C#N. The Labute approximate surface area is 111 Å². The second kappa shape index (κ2) is 5.28. The number of carbonyl (C=O) groups excluding carboxylic acids is 1. The quantitative estimate of drug-likeness (QED) is 0.887. The van der Waals surface area contributed by atoms with Crippen LogP contribution in [-0.4, -0.2) is 25.5 Å². The zero-order valence-electron chi connectivity index (χ0n) is 10.1. The molecule has 1 aromatic rings. The molecular formula is C13H14ClN3O. The molecule has 0 saturated carbocycles. The number of hydrogen-bond acceptors (Lipinski definition) is 3. The first kappa shape index (κ1) is 12.7. The van der Waals surface area contributed by atoms with Gasteiger partial charge in [-0.3, -0.25) is 4.79 Å². The van der Waals surface area contributed by atoms with Crippen molar-refractivity contribution in [2.45, 2.75) is 18.9 Å². The van der Waals surface area contributed by atoms with E-state index in [1.165, 1.54) is 0 Å². The summed E-state index contributed by atoms with van der Waals surface area (Å²) >= 11 is 5.88. The fourth-order valence-corrected chi connectivity index (χ4v) is 2.51. The molecule has 5 heteroatoms. The topological polar surface area (TPSA) is 56.1 Å². The van der Waals surface area contributed by atoms with Crippen molar-refractivity contribution in [3.8, 4) is 6.07 Å². The first-order valence-electron chi connectivity index (χ1n) is 5.85. The third kappa shape index (κ3) is 2.27. The van der Waals surface area contributed by atoms with Crippen LogP contribution >= 0.6 is 11.6 Å². The van der Waals surface area contributed by atoms with Gasteiger partial charge in [0.15, 0.2) is 0 Å². The first-order chi connectivity index (χ1) is 8.67. The molecule has 0 radical (unpaired) electrons. The highest BCUT2D eigenvalue weighted by atomic mass is 35.5. The van der Waals surface area contributed by atoms with Crippen LogP contribution < -0.4 is 10.2 Å². The minimum absolute atomic E-state index is 0.00802. The molecule has 1 aliphatic heterocycles. The Morgan fingerprint density at radius 2 is 2.39 bits per heavy atom. The van der Waals surface area contributed by atoms with E-state index in [4.69, 9.17) is 16.9 Å². The number of hydrogen-bond donors (Lipinski definition) is 1. The van der Waals surface area contributed by atoms with E-state index in [0.717, 1.165) is 25.1 Å². The van der Waals surface area contributed by atoms with Crippen LogP contribution in [0.2, 0.25) is 5.02 Å². The van der Waals surface area contributed by atoms with Crippen LogP contribution in [0.5, 0.6) is 0 Å². The van der Waals surface area contributed by atoms with Crippen molar-refractivity contribution in [2.24, 2.45) is 0 Å². The molecule has 1 fully saturated rings. The Hall–Kier alpha value is -1.73. The highest BCUT2D eigenvalue weighted by Gasteiger charge is 2.31. The van der Waals surface area contributed by atoms with Gasteiger partial charge in [0.1, 0.15) is 12.1 Å². The third-order valence-electron chi connectivity index (χ3n) is 3.19. The predicted molar refractivity (Wildman–Crippen MR) is 70.6 cm³/mol. The number of nitriles is 1. The first-order valence-corrected chi connectivity index (χ1v) is 6.23. The lowest BCUT2D eigenvalue weighted by molar-refractivity contribution is -0.121. The maximum atomic E-state index is 11.8. The van der Waals surface area contributed by atoms with E-state index in [1.807, 2.05) is 11.0 Å². The summed E-state index contributed by atoms with van der Waals surface area (Å²) < 4.78 is 0. The molecule has 0 aromatic heterocycles. The standard InChI is InChI=1S/C13H14ClN3O/c1-16-13(18)12-3-2-6-17(12)11-5-4-10(14)7-9(11)8-15/h4-5,7,12H,2-3,6H2,1H3,(H,16,18). The Morgan fingerprint density at radius 1 is 1.61 bits per heavy atom. The van der Waals surface area contributed by atoms with Gasteiger partial charge in [-0.1, -0.05) is 11.6 Å². The number of nitrogens with one attached hydrogen (secondary N) is 1. The van der Waals surface area contributed by atoms with E-state index in [1.54, 1.807) is 19.2 Å². The minimum Gasteiger partial charge on any atom is -0.358 e. The maximum absolute atomic E-state index is 11.8. The van der Waals surface area contributed by atoms with Gasteiger partial charge < -0.3 is 10.2 Å². The van der Waals surface area contributed by atoms with Gasteiger partial charge in [0.2, 0.25) is 5.91 Å². The van der Waals surface area contributed by atoms with E-state index in [-0.39, 0.29) is 11.9 Å². The normalized spacial score (nSPS) is 18.5. The molecule has 0 bridgehead atoms. The van der Waals surface area contributed by atoms with Crippen molar-refractivity contribution in [1.29, 1.82) is 5.26 Å². The number of carbonyl (C=O) groups is 1. The van der Waals surface area contributed by atoms with E-state index >= 15 is 0 Å². The zero-order valence-corrected chi connectivity index (χ0v) is 10.9. The molecular weight excluding hydrogens is 250 g/mol. The van der Waals surface area contributed by atoms with Gasteiger partial charge in [0, 0.05) is 18.6 Å². The number of nitrogens with zero attached hydrogens (tertiary/aromatic N) is 2. The summed E-state index contributed by atoms with van der Waals surface area (Å²) in [6.45, 7) is 0.786. The molecule has 0 aliphatic carbocycles. The monoisotopic (exact) mass is 263 g/mol. The molecule has 1 heterocycles. The van der Waals surface area contributed by atoms with E-state index in [9.17, 15) is 4.79 Å². The molecule has 2 rings (SSSR count). The lowest BCUT2D eigenvalue weighted by Gasteiger charge is -2.26. The Kier molecular flexibility index (Phi) is 3.73. The van der Waals surface area contributed by atoms with E-state index in [0.29, 0.717) is 10.6 Å². The molecule has 4 nitrogen and oxygen atoms in total. The Balaban J connectivity index is 2.36. The molecule has 18 heavy (non-hydrogen) atoms. The summed E-state index contributed by atoms with van der Waals surface area (Å²) in [5.74, 6) is -0.00802. The average molecular weight is 264 g/mol. The highest BCUT2D eigenvalue weighted by Crippen LogP contribution is 2.30. The Morgan fingerprint density at radius 3 is 3.06 bits per heavy atom. The lowest BCUT2D eigenvalue weighted by atomic mass is 10.1. The van der Waals surface area contributed by atoms with Crippen LogP contribution in [0.3, 0.4) is 0 Å². The molecule has 94 valence electrons. The predicted octanol–water partition coefficient (Wildman–Crippen LogP) is 1.93. The van der Waals surface area contributed by atoms with Gasteiger partial charge >= 0.3 is 0 Å². The molecule has 0 spiro atoms. The molecule has 1 N–H and O–H groups in total. The smallest absolute Gasteiger partial charge is 0.242 e. The minimum atomic E-state index is -0.191. The maximum Gasteiger partial charge on any atom is 0.242 e. The fourth-order valence-electron chi connectivity index (χ4n) is 2.34. The van der Waals surface area contributed by atoms with Gasteiger partial charge in [-0.15, -0.1) is 0 Å². The number of likely N-dealkylation sites (N-methyl/N-ethyl adjacent to an activating group) is 1. The van der Waals surface area contributed by atoms with Gasteiger partial charge in [-0.25, -0.2) is 0 Å². The summed E-state index contributed by atoms with van der Waals surface area (Å²) in [6.07, 6.45) is 1.76. The number of rotatable bonds is 2. The van der Waals surface area contributed by atoms with E-state index in [2.05, 4.69) is 11.4 Å². The Bertz CT molecular complexity index is 509. The summed E-state index contributed by atoms with van der Waals surface area (Å²) in [7, 11) is 1.63. The molecule has 1 unspecified atom stereocenters. The number of anilines is 1. The van der Waals surface area contributed by atoms with Crippen molar-refractivity contribution < 1.29 is 4.79 Å². The molecule has 1 amide bonds. The summed E-state index contributed by atoms with van der Waals surface area (Å²) in [4.78, 5) is 13.8. The summed E-state index contributed by atoms with van der Waals surface area (Å²) in [5.41, 5.74) is 1.30. The van der Waals surface area contributed by atoms with Crippen molar-refractivity contribution >= 4 is 23.2 Å². The van der Waals surface area contributed by atoms with Gasteiger partial charge in [-0.05, 0) is 31.0 Å². The number of amides is 1. The molecule has 1 aliphatic rings. The number of halogens is 1. The van der Waals surface area contributed by atoms with Crippen LogP contribution in [0, 0.1) is 11.3 Å². The molecule has 1 saturated heterocycles. The summed E-state index contributed by atoms with van der Waals surface area (Å²) in [5, 5.41) is 12.3. The van der Waals surface area contributed by atoms with Crippen LogP contribution in [-0.2, 0) is 4.79 Å². The second-order valence-corrected chi connectivity index (χ2v) is 4.68. The fraction of sp³-hybridized carbons (Fsp3) is 0.385. The average Bonchev–Trinajstić information content (AvgIpc) is 2.86. The highest BCUT2D eigenvalue weighted by molar-refractivity contribution is 6.30. The van der Waals surface area contributed by atoms with Crippen molar-refractivity contribution in [1.82, 2.24) is 5.32 Å². The lowest BCUT2D eigenvalue weighted by Crippen LogP contribution is -2.42. The molecule has 1 atom stereocenters. The van der Waals surface area contributed by atoms with Crippen molar-refractivity contribution in [3.05, 3.63) is 28.8 Å². The van der Waals surface area contributed by atoms with Crippen LogP contribution in [0.25, 0.3) is 0 Å². The van der Waals surface area contributed by atoms with Crippen molar-refractivity contribution in [3.63, 3.8) is 0 Å². The van der Waals surface area contributed by atoms with Crippen LogP contribution in [0.15, 0.2) is 18.2 Å². The van der Waals surface area contributed by atoms with Gasteiger partial charge in [0.05, 0.1) is 11.3 Å². The summed E-state index contributed by atoms with van der Waals surface area (Å²) in [6, 6.07) is 7.13. The third-order valence-corrected chi connectivity index (χ3v) is 3.43. The van der Waals surface area contributed by atoms with Crippen LogP contribution in [0.4, 0.5) is 5.69 Å². The van der Waals surface area contributed by atoms with Crippen LogP contribution in [0.1, 0.15) is 18.4 Å². The second-order valence-electron chi connectivity index (χ2n) is 4.24.